The highest BCUT2D eigenvalue weighted by molar-refractivity contribution is 5.85. The van der Waals surface area contributed by atoms with Crippen LogP contribution in [0.4, 0.5) is 0 Å². The van der Waals surface area contributed by atoms with Crippen LogP contribution >= 0.6 is 0 Å². The van der Waals surface area contributed by atoms with Crippen molar-refractivity contribution < 1.29 is 9.05 Å². The van der Waals surface area contributed by atoms with Crippen molar-refractivity contribution >= 4 is 5.96 Å². The molecule has 4 aliphatic rings. The number of guanidine groups is 1. The van der Waals surface area contributed by atoms with Gasteiger partial charge in [0.25, 0.3) is 0 Å². The molecule has 3 aromatic heterocycles. The van der Waals surface area contributed by atoms with Crippen LogP contribution in [0.3, 0.4) is 0 Å². The molecule has 2 atom stereocenters. The van der Waals surface area contributed by atoms with Gasteiger partial charge in [-0.2, -0.15) is 0 Å². The maximum atomic E-state index is 6.35. The second-order valence-corrected chi connectivity index (χ2v) is 10.0. The Morgan fingerprint density at radius 3 is 2.49 bits per heavy atom. The summed E-state index contributed by atoms with van der Waals surface area (Å²) < 4.78 is 11.7. The van der Waals surface area contributed by atoms with Gasteiger partial charge in [0, 0.05) is 51.7 Å². The molecule has 37 heavy (non-hydrogen) atoms. The van der Waals surface area contributed by atoms with Gasteiger partial charge in [0.15, 0.2) is 5.82 Å². The average Bonchev–Trinajstić information content (AvgIpc) is 3.75. The molecule has 3 N–H and O–H groups in total. The maximum absolute atomic E-state index is 6.35. The van der Waals surface area contributed by atoms with Crippen molar-refractivity contribution in [3.05, 3.63) is 54.3 Å². The number of imidazole rings is 1. The summed E-state index contributed by atoms with van der Waals surface area (Å²) in [5, 5.41) is 20.2. The predicted molar refractivity (Wildman–Crippen MR) is 133 cm³/mol. The molecule has 7 rings (SSSR count). The van der Waals surface area contributed by atoms with Gasteiger partial charge in [-0.15, -0.1) is 0 Å². The standard InChI is InChI=1S/C24H33N11O2/c1-2-4-12-33(11-3-1)24(21-27-7-8-28-21)23(19-16-29-37-31-19,20-6-5-15-36-20)35(34-14-10-26-18-34)22(30-24)32-13-9-25-17-32/h5-8,15-16,25-26H,1-4,9-14,17-18H2,(H,27,28). The molecular weight excluding hydrogens is 474 g/mol. The number of aromatic nitrogens is 4. The molecule has 7 heterocycles. The highest BCUT2D eigenvalue weighted by Gasteiger charge is 2.73. The van der Waals surface area contributed by atoms with Crippen molar-refractivity contribution in [3.63, 3.8) is 0 Å². The number of nitrogens with one attached hydrogen (secondary N) is 3. The first kappa shape index (κ1) is 22.9. The van der Waals surface area contributed by atoms with Crippen molar-refractivity contribution in [2.24, 2.45) is 4.99 Å². The summed E-state index contributed by atoms with van der Waals surface area (Å²) in [7, 11) is 0. The molecule has 13 nitrogen and oxygen atoms in total. The number of hydrogen-bond acceptors (Lipinski definition) is 12. The lowest BCUT2D eigenvalue weighted by Crippen LogP contribution is -2.68. The van der Waals surface area contributed by atoms with E-state index in [1.54, 1.807) is 18.7 Å². The van der Waals surface area contributed by atoms with Gasteiger partial charge in [0.1, 0.15) is 11.5 Å². The largest absolute Gasteiger partial charge is 0.466 e. The summed E-state index contributed by atoms with van der Waals surface area (Å²) in [5.74, 6) is 2.31. The number of nitrogens with zero attached hydrogens (tertiary/aromatic N) is 8. The molecular formula is C24H33N11O2. The van der Waals surface area contributed by atoms with Crippen molar-refractivity contribution in [1.29, 1.82) is 0 Å². The monoisotopic (exact) mass is 507 g/mol. The fourth-order valence-corrected chi connectivity index (χ4v) is 6.48. The number of H-pyrrole nitrogens is 1. The first-order valence-corrected chi connectivity index (χ1v) is 13.2. The van der Waals surface area contributed by atoms with Gasteiger partial charge in [-0.25, -0.2) is 24.6 Å². The maximum Gasteiger partial charge on any atom is 0.216 e. The third-order valence-electron chi connectivity index (χ3n) is 8.04. The fraction of sp³-hybridized carbons (Fsp3) is 0.583. The normalized spacial score (nSPS) is 29.8. The van der Waals surface area contributed by atoms with E-state index in [0.29, 0.717) is 24.8 Å². The van der Waals surface area contributed by atoms with Crippen LogP contribution in [0.1, 0.15) is 43.0 Å². The second kappa shape index (κ2) is 9.24. The van der Waals surface area contributed by atoms with E-state index < -0.39 is 11.2 Å². The number of rotatable bonds is 5. The van der Waals surface area contributed by atoms with E-state index in [9.17, 15) is 0 Å². The number of likely N-dealkylation sites (tertiary alicyclic amines) is 1. The van der Waals surface area contributed by atoms with Crippen LogP contribution in [0, 0.1) is 0 Å². The molecule has 0 aromatic carbocycles. The number of aromatic amines is 1. The fourth-order valence-electron chi connectivity index (χ4n) is 6.48. The highest BCUT2D eigenvalue weighted by Crippen LogP contribution is 2.57. The molecule has 0 amide bonds. The zero-order valence-corrected chi connectivity index (χ0v) is 20.8. The lowest BCUT2D eigenvalue weighted by molar-refractivity contribution is -0.107. The Morgan fingerprint density at radius 1 is 0.973 bits per heavy atom. The van der Waals surface area contributed by atoms with Crippen LogP contribution < -0.4 is 10.6 Å². The summed E-state index contributed by atoms with van der Waals surface area (Å²) in [6, 6.07) is 3.94. The number of aliphatic imine (C=N–C) groups is 1. The smallest absolute Gasteiger partial charge is 0.216 e. The number of furan rings is 1. The van der Waals surface area contributed by atoms with E-state index in [1.807, 2.05) is 18.3 Å². The number of hydrazine groups is 1. The summed E-state index contributed by atoms with van der Waals surface area (Å²) in [4.78, 5) is 18.9. The van der Waals surface area contributed by atoms with Crippen molar-refractivity contribution in [2.45, 2.75) is 36.9 Å². The van der Waals surface area contributed by atoms with Gasteiger partial charge >= 0.3 is 0 Å². The Balaban J connectivity index is 1.58. The first-order chi connectivity index (χ1) is 18.4. The third kappa shape index (κ3) is 3.31. The SMILES string of the molecule is c1coc(C2(c3cnon3)N(N3CCNC3)C(N3CCNC3)=NC2(c2ncc[nH]2)N2CCCCCC2)c1. The summed E-state index contributed by atoms with van der Waals surface area (Å²) >= 11 is 0. The molecule has 0 radical (unpaired) electrons. The van der Waals surface area contributed by atoms with E-state index in [2.05, 4.69) is 45.7 Å². The second-order valence-electron chi connectivity index (χ2n) is 10.0. The van der Waals surface area contributed by atoms with Gasteiger partial charge in [-0.05, 0) is 25.0 Å². The van der Waals surface area contributed by atoms with Crippen molar-refractivity contribution in [1.82, 2.24) is 50.7 Å². The minimum absolute atomic E-state index is 0.626. The Bertz CT molecular complexity index is 1140. The molecule has 0 aliphatic carbocycles. The van der Waals surface area contributed by atoms with E-state index in [1.165, 1.54) is 12.8 Å². The van der Waals surface area contributed by atoms with Crippen molar-refractivity contribution in [2.75, 3.05) is 52.6 Å². The van der Waals surface area contributed by atoms with Crippen LogP contribution in [-0.4, -0.2) is 98.7 Å². The van der Waals surface area contributed by atoms with E-state index in [4.69, 9.17) is 19.0 Å². The van der Waals surface area contributed by atoms with Gasteiger partial charge in [-0.3, -0.25) is 10.2 Å². The summed E-state index contributed by atoms with van der Waals surface area (Å²) in [6.45, 7) is 6.52. The molecule has 4 aliphatic heterocycles. The summed E-state index contributed by atoms with van der Waals surface area (Å²) in [5.41, 5.74) is -1.46. The van der Waals surface area contributed by atoms with Gasteiger partial charge in [-0.1, -0.05) is 23.2 Å². The topological polar surface area (TPSA) is 130 Å². The molecule has 13 heteroatoms. The van der Waals surface area contributed by atoms with Gasteiger partial charge in [0.05, 0.1) is 25.8 Å². The zero-order chi connectivity index (χ0) is 24.7. The quantitative estimate of drug-likeness (QED) is 0.450. The lowest BCUT2D eigenvalue weighted by atomic mass is 9.77. The van der Waals surface area contributed by atoms with Crippen molar-refractivity contribution in [3.8, 4) is 0 Å². The Hall–Kier alpha value is -3.26. The molecule has 0 spiro atoms. The van der Waals surface area contributed by atoms with E-state index >= 15 is 0 Å². The van der Waals surface area contributed by atoms with Crippen LogP contribution in [0.5, 0.6) is 0 Å². The van der Waals surface area contributed by atoms with Crippen LogP contribution in [0.15, 0.2) is 51.0 Å². The van der Waals surface area contributed by atoms with E-state index in [0.717, 1.165) is 63.9 Å². The van der Waals surface area contributed by atoms with Gasteiger partial charge in [0.2, 0.25) is 17.2 Å². The average molecular weight is 508 g/mol. The molecule has 196 valence electrons. The molecule has 3 aromatic rings. The minimum Gasteiger partial charge on any atom is -0.466 e. The zero-order valence-electron chi connectivity index (χ0n) is 20.8. The third-order valence-corrected chi connectivity index (χ3v) is 8.04. The number of hydrogen-bond donors (Lipinski definition) is 3. The Labute approximate surface area is 214 Å². The molecule has 2 unspecified atom stereocenters. The minimum atomic E-state index is -1.07. The molecule has 3 fully saturated rings. The molecule has 0 saturated carbocycles. The highest BCUT2D eigenvalue weighted by atomic mass is 16.6. The lowest BCUT2D eigenvalue weighted by Gasteiger charge is -2.51. The summed E-state index contributed by atoms with van der Waals surface area (Å²) in [6.07, 6.45) is 11.6. The Kier molecular flexibility index (Phi) is 5.72. The predicted octanol–water partition coefficient (Wildman–Crippen LogP) is 0.670. The first-order valence-electron chi connectivity index (χ1n) is 13.2. The van der Waals surface area contributed by atoms with Gasteiger partial charge < -0.3 is 19.6 Å². The van der Waals surface area contributed by atoms with Crippen LogP contribution in [-0.2, 0) is 11.2 Å². The molecule has 3 saturated heterocycles. The molecule has 0 bridgehead atoms. The van der Waals surface area contributed by atoms with Crippen LogP contribution in [0.25, 0.3) is 0 Å². The van der Waals surface area contributed by atoms with E-state index in [-0.39, 0.29) is 0 Å². The van der Waals surface area contributed by atoms with Crippen LogP contribution in [0.2, 0.25) is 0 Å². The Morgan fingerprint density at radius 2 is 1.84 bits per heavy atom.